The third kappa shape index (κ3) is 7.41. The van der Waals surface area contributed by atoms with E-state index in [4.69, 9.17) is 0 Å². The Bertz CT molecular complexity index is 1790. The smallest absolute Gasteiger partial charge is 0.269 e. The van der Waals surface area contributed by atoms with Gasteiger partial charge in [-0.3, -0.25) is 9.78 Å². The largest absolute Gasteiger partial charge is 0.350 e. The summed E-state index contributed by atoms with van der Waals surface area (Å²) in [5.41, 5.74) is 10.6. The average molecular weight is 583 g/mol. The van der Waals surface area contributed by atoms with E-state index >= 15 is 0 Å². The molecule has 0 aliphatic heterocycles. The van der Waals surface area contributed by atoms with E-state index in [0.717, 1.165) is 50.1 Å². The molecule has 0 fully saturated rings. The molecular formula is C42H34N2O. The molecule has 1 N–H and O–H groups in total. The second-order valence-corrected chi connectivity index (χ2v) is 10.7. The summed E-state index contributed by atoms with van der Waals surface area (Å²) in [6, 6.07) is 53.8. The van der Waals surface area contributed by atoms with Crippen LogP contribution in [0.4, 0.5) is 0 Å². The highest BCUT2D eigenvalue weighted by atomic mass is 16.1. The number of nitrogens with one attached hydrogen (secondary N) is 1. The summed E-state index contributed by atoms with van der Waals surface area (Å²) in [7, 11) is 0. The zero-order chi connectivity index (χ0) is 30.7. The Balaban J connectivity index is 1.52. The summed E-state index contributed by atoms with van der Waals surface area (Å²) in [4.78, 5) is 17.2. The van der Waals surface area contributed by atoms with Crippen molar-refractivity contribution < 1.29 is 4.79 Å². The Hall–Kier alpha value is -5.80. The minimum Gasteiger partial charge on any atom is -0.350 e. The fourth-order valence-electron chi connectivity index (χ4n) is 5.55. The van der Waals surface area contributed by atoms with Gasteiger partial charge in [-0.25, -0.2) is 0 Å². The maximum absolute atomic E-state index is 13.0. The number of aromatic nitrogens is 1. The fourth-order valence-corrected chi connectivity index (χ4v) is 5.55. The summed E-state index contributed by atoms with van der Waals surface area (Å²) < 4.78 is 0. The highest BCUT2D eigenvalue weighted by Gasteiger charge is 2.18. The van der Waals surface area contributed by atoms with Gasteiger partial charge in [-0.15, -0.1) is 0 Å². The normalized spacial score (nSPS) is 11.6. The van der Waals surface area contributed by atoms with Crippen LogP contribution in [0.25, 0.3) is 23.3 Å². The summed E-state index contributed by atoms with van der Waals surface area (Å²) in [6.07, 6.45) is 6.78. The SMILES string of the molecule is O=C(NCCc1c(/C(=C/c2ccccc2)c2ccccc2)cccc1/C(=C/c1ccccc1)c1ccccc1)c1ccccn1. The number of carbonyl (C=O) groups is 1. The van der Waals surface area contributed by atoms with Crippen molar-refractivity contribution >= 4 is 29.2 Å². The predicted molar refractivity (Wildman–Crippen MR) is 186 cm³/mol. The molecule has 0 saturated heterocycles. The van der Waals surface area contributed by atoms with E-state index in [1.165, 1.54) is 0 Å². The molecule has 1 aromatic heterocycles. The fraction of sp³-hybridized carbons (Fsp3) is 0.0476. The van der Waals surface area contributed by atoms with Crippen LogP contribution in [0.5, 0.6) is 0 Å². The van der Waals surface area contributed by atoms with Crippen LogP contribution in [0, 0.1) is 0 Å². The molecule has 0 saturated carbocycles. The monoisotopic (exact) mass is 582 g/mol. The van der Waals surface area contributed by atoms with E-state index < -0.39 is 0 Å². The lowest BCUT2D eigenvalue weighted by molar-refractivity contribution is 0.0949. The Labute approximate surface area is 265 Å². The van der Waals surface area contributed by atoms with Crippen LogP contribution in [-0.4, -0.2) is 17.4 Å². The van der Waals surface area contributed by atoms with E-state index in [1.807, 2.05) is 36.4 Å². The number of pyridine rings is 1. The zero-order valence-electron chi connectivity index (χ0n) is 25.0. The molecule has 0 aliphatic rings. The molecule has 45 heavy (non-hydrogen) atoms. The van der Waals surface area contributed by atoms with Crippen LogP contribution in [0.2, 0.25) is 0 Å². The summed E-state index contributed by atoms with van der Waals surface area (Å²) in [6.45, 7) is 0.459. The number of rotatable bonds is 10. The first kappa shape index (κ1) is 29.3. The van der Waals surface area contributed by atoms with Crippen molar-refractivity contribution in [2.75, 3.05) is 6.54 Å². The number of hydrogen-bond donors (Lipinski definition) is 1. The van der Waals surface area contributed by atoms with E-state index in [2.05, 4.69) is 138 Å². The number of amides is 1. The lowest BCUT2D eigenvalue weighted by atomic mass is 9.84. The summed E-state index contributed by atoms with van der Waals surface area (Å²) in [5, 5.41) is 3.12. The Morgan fingerprint density at radius 2 is 1.00 bits per heavy atom. The second kappa shape index (κ2) is 14.6. The molecule has 1 amide bonds. The Morgan fingerprint density at radius 3 is 1.47 bits per heavy atom. The van der Waals surface area contributed by atoms with Crippen molar-refractivity contribution in [3.05, 3.63) is 209 Å². The summed E-state index contributed by atoms with van der Waals surface area (Å²) in [5.74, 6) is -0.180. The lowest BCUT2D eigenvalue weighted by Crippen LogP contribution is -2.27. The maximum Gasteiger partial charge on any atom is 0.269 e. The molecule has 0 spiro atoms. The molecular weight excluding hydrogens is 548 g/mol. The predicted octanol–water partition coefficient (Wildman–Crippen LogP) is 9.23. The molecule has 6 rings (SSSR count). The molecule has 6 aromatic rings. The standard InChI is InChI=1S/C42H34N2O/c45-42(41-26-13-14-28-43-41)44-29-27-38-36(39(34-20-9-3-10-21-34)30-32-16-5-1-6-17-32)24-15-25-37(38)40(35-22-11-4-12-23-35)31-33-18-7-2-8-19-33/h1-26,28,30-31H,27,29H2,(H,44,45)/b39-30+,40-31+. The third-order valence-corrected chi connectivity index (χ3v) is 7.71. The minimum absolute atomic E-state index is 0.180. The maximum atomic E-state index is 13.0. The van der Waals surface area contributed by atoms with Crippen LogP contribution < -0.4 is 5.32 Å². The minimum atomic E-state index is -0.180. The Kier molecular flexibility index (Phi) is 9.49. The zero-order valence-corrected chi connectivity index (χ0v) is 25.0. The van der Waals surface area contributed by atoms with Crippen molar-refractivity contribution in [1.82, 2.24) is 10.3 Å². The van der Waals surface area contributed by atoms with E-state index in [9.17, 15) is 4.79 Å². The van der Waals surface area contributed by atoms with Crippen LogP contribution in [0.3, 0.4) is 0 Å². The van der Waals surface area contributed by atoms with E-state index in [0.29, 0.717) is 18.7 Å². The van der Waals surface area contributed by atoms with Gasteiger partial charge in [-0.2, -0.15) is 0 Å². The summed E-state index contributed by atoms with van der Waals surface area (Å²) >= 11 is 0. The van der Waals surface area contributed by atoms with Crippen molar-refractivity contribution in [3.63, 3.8) is 0 Å². The van der Waals surface area contributed by atoms with Gasteiger partial charge >= 0.3 is 0 Å². The molecule has 0 atom stereocenters. The quantitative estimate of drug-likeness (QED) is 0.164. The molecule has 3 nitrogen and oxygen atoms in total. The van der Waals surface area contributed by atoms with Gasteiger partial charge in [0.05, 0.1) is 0 Å². The Morgan fingerprint density at radius 1 is 0.533 bits per heavy atom. The molecule has 0 radical (unpaired) electrons. The molecule has 0 unspecified atom stereocenters. The lowest BCUT2D eigenvalue weighted by Gasteiger charge is -2.21. The average Bonchev–Trinajstić information content (AvgIpc) is 3.12. The topological polar surface area (TPSA) is 42.0 Å². The van der Waals surface area contributed by atoms with Crippen LogP contribution >= 0.6 is 0 Å². The number of carbonyl (C=O) groups excluding carboxylic acids is 1. The molecule has 1 heterocycles. The third-order valence-electron chi connectivity index (χ3n) is 7.71. The molecule has 5 aromatic carbocycles. The van der Waals surface area contributed by atoms with Crippen molar-refractivity contribution in [1.29, 1.82) is 0 Å². The second-order valence-electron chi connectivity index (χ2n) is 10.7. The molecule has 0 aliphatic carbocycles. The van der Waals surface area contributed by atoms with Gasteiger partial charge in [0, 0.05) is 12.7 Å². The highest BCUT2D eigenvalue weighted by molar-refractivity contribution is 5.97. The van der Waals surface area contributed by atoms with Gasteiger partial charge < -0.3 is 5.32 Å². The van der Waals surface area contributed by atoms with Gasteiger partial charge in [0.15, 0.2) is 0 Å². The van der Waals surface area contributed by atoms with Gasteiger partial charge in [-0.05, 0) is 80.8 Å². The first-order valence-corrected chi connectivity index (χ1v) is 15.2. The molecule has 218 valence electrons. The molecule has 3 heteroatoms. The number of hydrogen-bond acceptors (Lipinski definition) is 2. The van der Waals surface area contributed by atoms with Crippen LogP contribution in [0.1, 0.15) is 49.4 Å². The van der Waals surface area contributed by atoms with Crippen LogP contribution in [0.15, 0.2) is 164 Å². The van der Waals surface area contributed by atoms with Gasteiger partial charge in [-0.1, -0.05) is 146 Å². The van der Waals surface area contributed by atoms with Crippen molar-refractivity contribution in [3.8, 4) is 0 Å². The first-order chi connectivity index (χ1) is 22.3. The van der Waals surface area contributed by atoms with Gasteiger partial charge in [0.2, 0.25) is 0 Å². The number of benzene rings is 5. The van der Waals surface area contributed by atoms with Crippen molar-refractivity contribution in [2.45, 2.75) is 6.42 Å². The van der Waals surface area contributed by atoms with Crippen LogP contribution in [-0.2, 0) is 6.42 Å². The highest BCUT2D eigenvalue weighted by Crippen LogP contribution is 2.36. The van der Waals surface area contributed by atoms with Gasteiger partial charge in [0.1, 0.15) is 5.69 Å². The van der Waals surface area contributed by atoms with E-state index in [-0.39, 0.29) is 5.91 Å². The van der Waals surface area contributed by atoms with Crippen molar-refractivity contribution in [2.24, 2.45) is 0 Å². The first-order valence-electron chi connectivity index (χ1n) is 15.2. The van der Waals surface area contributed by atoms with Gasteiger partial charge in [0.25, 0.3) is 5.91 Å². The molecule has 0 bridgehead atoms. The van der Waals surface area contributed by atoms with E-state index in [1.54, 1.807) is 12.3 Å². The number of nitrogens with zero attached hydrogens (tertiary/aromatic N) is 1.